The average Bonchev–Trinajstić information content (AvgIpc) is 2.96. The molecule has 3 amide bonds. The van der Waals surface area contributed by atoms with Gasteiger partial charge in [0, 0.05) is 32.4 Å². The molecule has 0 bridgehead atoms. The van der Waals surface area contributed by atoms with E-state index < -0.39 is 12.1 Å². The van der Waals surface area contributed by atoms with Gasteiger partial charge in [-0.3, -0.25) is 19.4 Å². The Kier molecular flexibility index (Phi) is 6.94. The predicted molar refractivity (Wildman–Crippen MR) is 109 cm³/mol. The molecule has 1 aromatic carbocycles. The number of aromatic nitrogens is 1. The Balaban J connectivity index is 1.80. The highest BCUT2D eigenvalue weighted by Crippen LogP contribution is 2.13. The highest BCUT2D eigenvalue weighted by molar-refractivity contribution is 5.98. The van der Waals surface area contributed by atoms with Gasteiger partial charge in [0.05, 0.1) is 5.56 Å². The largest absolute Gasteiger partial charge is 0.354 e. The van der Waals surface area contributed by atoms with Crippen LogP contribution in [0.2, 0.25) is 0 Å². The lowest BCUT2D eigenvalue weighted by Crippen LogP contribution is -2.54. The van der Waals surface area contributed by atoms with Crippen LogP contribution in [0.15, 0.2) is 54.9 Å². The van der Waals surface area contributed by atoms with E-state index in [0.29, 0.717) is 24.9 Å². The van der Waals surface area contributed by atoms with Crippen molar-refractivity contribution >= 4 is 17.7 Å². The van der Waals surface area contributed by atoms with Gasteiger partial charge in [-0.2, -0.15) is 0 Å². The van der Waals surface area contributed by atoms with Crippen molar-refractivity contribution in [1.82, 2.24) is 20.5 Å². The summed E-state index contributed by atoms with van der Waals surface area (Å²) in [5.41, 5.74) is 1.34. The summed E-state index contributed by atoms with van der Waals surface area (Å²) in [6.07, 6.45) is 5.77. The van der Waals surface area contributed by atoms with Crippen LogP contribution in [0.4, 0.5) is 0 Å². The molecular formula is C22H26N4O3. The number of hydrogen-bond donors (Lipinski definition) is 2. The van der Waals surface area contributed by atoms with E-state index in [0.717, 1.165) is 18.4 Å². The second kappa shape index (κ2) is 9.82. The molecule has 1 aliphatic heterocycles. The molecular weight excluding hydrogens is 368 g/mol. The van der Waals surface area contributed by atoms with Crippen LogP contribution < -0.4 is 10.6 Å². The molecule has 29 heavy (non-hydrogen) atoms. The summed E-state index contributed by atoms with van der Waals surface area (Å²) in [6, 6.07) is 11.6. The molecule has 0 aliphatic carbocycles. The zero-order valence-corrected chi connectivity index (χ0v) is 16.5. The lowest BCUT2D eigenvalue weighted by molar-refractivity contribution is -0.131. The molecule has 2 aromatic rings. The number of pyridine rings is 1. The Hall–Kier alpha value is -3.22. The Morgan fingerprint density at radius 1 is 1.21 bits per heavy atom. The molecule has 7 nitrogen and oxygen atoms in total. The topological polar surface area (TPSA) is 91.4 Å². The lowest BCUT2D eigenvalue weighted by atomic mass is 10.0. The van der Waals surface area contributed by atoms with Gasteiger partial charge in [-0.15, -0.1) is 0 Å². The Bertz CT molecular complexity index is 842. The van der Waals surface area contributed by atoms with Crippen molar-refractivity contribution in [3.05, 3.63) is 66.0 Å². The van der Waals surface area contributed by atoms with E-state index in [-0.39, 0.29) is 17.7 Å². The minimum Gasteiger partial charge on any atom is -0.354 e. The molecule has 0 spiro atoms. The van der Waals surface area contributed by atoms with E-state index in [1.807, 2.05) is 30.3 Å². The molecule has 1 aliphatic rings. The zero-order chi connectivity index (χ0) is 20.6. The van der Waals surface area contributed by atoms with Crippen molar-refractivity contribution in [1.29, 1.82) is 0 Å². The molecule has 0 saturated carbocycles. The lowest BCUT2D eigenvalue weighted by Gasteiger charge is -2.29. The SMILES string of the molecule is CN(C(=O)c1cccnc1)[C@@H](Cc1ccccc1)C(=O)N[C@H]1CCCCNC1=O. The molecule has 0 unspecified atom stereocenters. The van der Waals surface area contributed by atoms with Gasteiger partial charge in [-0.25, -0.2) is 0 Å². The average molecular weight is 394 g/mol. The minimum absolute atomic E-state index is 0.171. The maximum Gasteiger partial charge on any atom is 0.255 e. The number of amides is 3. The number of likely N-dealkylation sites (N-methyl/N-ethyl adjacent to an activating group) is 1. The first-order valence-electron chi connectivity index (χ1n) is 9.85. The van der Waals surface area contributed by atoms with Crippen LogP contribution in [-0.2, 0) is 16.0 Å². The molecule has 1 saturated heterocycles. The summed E-state index contributed by atoms with van der Waals surface area (Å²) in [4.78, 5) is 43.7. The zero-order valence-electron chi connectivity index (χ0n) is 16.5. The van der Waals surface area contributed by atoms with Crippen molar-refractivity contribution in [2.45, 2.75) is 37.8 Å². The normalized spacial score (nSPS) is 17.6. The number of carbonyl (C=O) groups excluding carboxylic acids is 3. The smallest absolute Gasteiger partial charge is 0.255 e. The maximum atomic E-state index is 13.2. The van der Waals surface area contributed by atoms with Crippen LogP contribution in [0, 0.1) is 0 Å². The molecule has 3 rings (SSSR count). The van der Waals surface area contributed by atoms with Crippen LogP contribution in [0.3, 0.4) is 0 Å². The number of nitrogens with one attached hydrogen (secondary N) is 2. The van der Waals surface area contributed by atoms with Crippen molar-refractivity contribution < 1.29 is 14.4 Å². The Morgan fingerprint density at radius 3 is 2.72 bits per heavy atom. The fourth-order valence-corrected chi connectivity index (χ4v) is 3.42. The molecule has 2 N–H and O–H groups in total. The quantitative estimate of drug-likeness (QED) is 0.778. The predicted octanol–water partition coefficient (Wildman–Crippen LogP) is 1.55. The van der Waals surface area contributed by atoms with Gasteiger partial charge in [0.1, 0.15) is 12.1 Å². The Labute approximate surface area is 170 Å². The second-order valence-electron chi connectivity index (χ2n) is 7.21. The summed E-state index contributed by atoms with van der Waals surface area (Å²) in [6.45, 7) is 0.623. The second-order valence-corrected chi connectivity index (χ2v) is 7.21. The van der Waals surface area contributed by atoms with Gasteiger partial charge < -0.3 is 15.5 Å². The fourth-order valence-electron chi connectivity index (χ4n) is 3.42. The minimum atomic E-state index is -0.749. The number of rotatable bonds is 6. The third-order valence-corrected chi connectivity index (χ3v) is 5.12. The van der Waals surface area contributed by atoms with Crippen molar-refractivity contribution in [2.24, 2.45) is 0 Å². The van der Waals surface area contributed by atoms with Crippen molar-refractivity contribution in [3.8, 4) is 0 Å². The van der Waals surface area contributed by atoms with E-state index >= 15 is 0 Å². The van der Waals surface area contributed by atoms with Gasteiger partial charge in [-0.1, -0.05) is 30.3 Å². The van der Waals surface area contributed by atoms with E-state index in [1.165, 1.54) is 11.1 Å². The summed E-state index contributed by atoms with van der Waals surface area (Å²) < 4.78 is 0. The van der Waals surface area contributed by atoms with Gasteiger partial charge in [0.2, 0.25) is 11.8 Å². The molecule has 2 heterocycles. The van der Waals surface area contributed by atoms with Gasteiger partial charge >= 0.3 is 0 Å². The first-order valence-corrected chi connectivity index (χ1v) is 9.85. The summed E-state index contributed by atoms with van der Waals surface area (Å²) >= 11 is 0. The van der Waals surface area contributed by atoms with Gasteiger partial charge in [-0.05, 0) is 37.0 Å². The van der Waals surface area contributed by atoms with E-state index in [1.54, 1.807) is 25.4 Å². The third-order valence-electron chi connectivity index (χ3n) is 5.12. The first kappa shape index (κ1) is 20.5. The highest BCUT2D eigenvalue weighted by atomic mass is 16.2. The number of nitrogens with zero attached hydrogens (tertiary/aromatic N) is 2. The fraction of sp³-hybridized carbons (Fsp3) is 0.364. The molecule has 7 heteroatoms. The highest BCUT2D eigenvalue weighted by Gasteiger charge is 2.31. The molecule has 2 atom stereocenters. The summed E-state index contributed by atoms with van der Waals surface area (Å²) in [5.74, 6) is -0.800. The monoisotopic (exact) mass is 394 g/mol. The maximum absolute atomic E-state index is 13.2. The molecule has 1 fully saturated rings. The van der Waals surface area contributed by atoms with Crippen LogP contribution in [0.5, 0.6) is 0 Å². The van der Waals surface area contributed by atoms with Gasteiger partial charge in [0.25, 0.3) is 5.91 Å². The molecule has 1 aromatic heterocycles. The van der Waals surface area contributed by atoms with Crippen molar-refractivity contribution in [2.75, 3.05) is 13.6 Å². The Morgan fingerprint density at radius 2 is 2.00 bits per heavy atom. The first-order chi connectivity index (χ1) is 14.1. The van der Waals surface area contributed by atoms with Crippen LogP contribution in [0.25, 0.3) is 0 Å². The van der Waals surface area contributed by atoms with Crippen LogP contribution in [-0.4, -0.2) is 53.3 Å². The number of hydrogen-bond acceptors (Lipinski definition) is 4. The summed E-state index contributed by atoms with van der Waals surface area (Å²) in [5, 5.41) is 5.68. The summed E-state index contributed by atoms with van der Waals surface area (Å²) in [7, 11) is 1.61. The van der Waals surface area contributed by atoms with Gasteiger partial charge in [0.15, 0.2) is 0 Å². The third kappa shape index (κ3) is 5.40. The standard InChI is InChI=1S/C22H26N4O3/c1-26(22(29)17-10-7-12-23-15-17)19(14-16-8-3-2-4-9-16)21(28)25-18-11-5-6-13-24-20(18)27/h2-4,7-10,12,15,18-19H,5-6,11,13-14H2,1H3,(H,24,27)(H,25,28)/t18-,19-/m0/s1. The number of carbonyl (C=O) groups is 3. The van der Waals surface area contributed by atoms with Crippen LogP contribution in [0.1, 0.15) is 35.2 Å². The van der Waals surface area contributed by atoms with E-state index in [9.17, 15) is 14.4 Å². The van der Waals surface area contributed by atoms with E-state index in [2.05, 4.69) is 15.6 Å². The molecule has 0 radical (unpaired) electrons. The molecule has 152 valence electrons. The van der Waals surface area contributed by atoms with Crippen molar-refractivity contribution in [3.63, 3.8) is 0 Å². The van der Waals surface area contributed by atoms with Crippen LogP contribution >= 0.6 is 0 Å². The van der Waals surface area contributed by atoms with E-state index in [4.69, 9.17) is 0 Å². The number of benzene rings is 1.